The van der Waals surface area contributed by atoms with Crippen LogP contribution in [0.3, 0.4) is 0 Å². The summed E-state index contributed by atoms with van der Waals surface area (Å²) in [6.45, 7) is 0. The number of carbonyl (C=O) groups excluding carboxylic acids is 1. The molecule has 1 aliphatic carbocycles. The van der Waals surface area contributed by atoms with Gasteiger partial charge < -0.3 is 0 Å². The minimum absolute atomic E-state index is 0.227. The number of carbonyl (C=O) groups is 1. The van der Waals surface area contributed by atoms with Crippen LogP contribution in [-0.4, -0.2) is 25.1 Å². The Morgan fingerprint density at radius 2 is 1.79 bits per heavy atom. The van der Waals surface area contributed by atoms with Crippen LogP contribution in [0.5, 0.6) is 0 Å². The second-order valence-electron chi connectivity index (χ2n) is 4.64. The van der Waals surface area contributed by atoms with E-state index in [4.69, 9.17) is 4.84 Å². The second-order valence-corrected chi connectivity index (χ2v) is 4.64. The molecule has 0 unspecified atom stereocenters. The van der Waals surface area contributed by atoms with Crippen LogP contribution in [0.15, 0.2) is 24.3 Å². The van der Waals surface area contributed by atoms with E-state index < -0.39 is 17.2 Å². The highest BCUT2D eigenvalue weighted by Crippen LogP contribution is 2.49. The van der Waals surface area contributed by atoms with Gasteiger partial charge in [0.2, 0.25) is 0 Å². The van der Waals surface area contributed by atoms with Crippen molar-refractivity contribution in [3.63, 3.8) is 0 Å². The van der Waals surface area contributed by atoms with Gasteiger partial charge in [0.1, 0.15) is 0 Å². The third-order valence-corrected chi connectivity index (χ3v) is 3.48. The maximum atomic E-state index is 12.5. The van der Waals surface area contributed by atoms with Gasteiger partial charge in [-0.1, -0.05) is 12.1 Å². The van der Waals surface area contributed by atoms with Crippen LogP contribution >= 0.6 is 0 Å². The molecule has 3 nitrogen and oxygen atoms in total. The molecule has 0 radical (unpaired) electrons. The van der Waals surface area contributed by atoms with Crippen LogP contribution < -0.4 is 0 Å². The van der Waals surface area contributed by atoms with E-state index in [2.05, 4.69) is 0 Å². The zero-order valence-corrected chi connectivity index (χ0v) is 10.6. The normalized spacial score (nSPS) is 17.1. The van der Waals surface area contributed by atoms with Crippen molar-refractivity contribution in [2.75, 3.05) is 14.2 Å². The molecule has 0 aliphatic heterocycles. The highest BCUT2D eigenvalue weighted by Gasteiger charge is 2.53. The molecule has 0 heterocycles. The van der Waals surface area contributed by atoms with Crippen molar-refractivity contribution in [1.29, 1.82) is 0 Å². The number of amides is 1. The Morgan fingerprint density at radius 1 is 1.26 bits per heavy atom. The predicted molar refractivity (Wildman–Crippen MR) is 62.1 cm³/mol. The van der Waals surface area contributed by atoms with E-state index >= 15 is 0 Å². The molecule has 0 bridgehead atoms. The highest BCUT2D eigenvalue weighted by atomic mass is 19.4. The lowest BCUT2D eigenvalue weighted by atomic mass is 9.94. The fourth-order valence-electron chi connectivity index (χ4n) is 2.11. The first-order valence-corrected chi connectivity index (χ1v) is 5.81. The van der Waals surface area contributed by atoms with Gasteiger partial charge >= 0.3 is 6.18 Å². The molecular formula is C13H14F3NO2. The summed E-state index contributed by atoms with van der Waals surface area (Å²) in [5, 5.41) is 1.12. The Kier molecular flexibility index (Phi) is 3.30. The lowest BCUT2D eigenvalue weighted by Crippen LogP contribution is -2.35. The van der Waals surface area contributed by atoms with Gasteiger partial charge in [-0.05, 0) is 30.5 Å². The minimum Gasteiger partial charge on any atom is -0.275 e. The first-order chi connectivity index (χ1) is 8.81. The fourth-order valence-corrected chi connectivity index (χ4v) is 2.11. The maximum Gasteiger partial charge on any atom is 0.416 e. The maximum absolute atomic E-state index is 12.5. The molecule has 1 amide bonds. The summed E-state index contributed by atoms with van der Waals surface area (Å²) >= 11 is 0. The van der Waals surface area contributed by atoms with E-state index in [0.717, 1.165) is 17.2 Å². The summed E-state index contributed by atoms with van der Waals surface area (Å²) in [5.41, 5.74) is -0.816. The molecule has 1 aromatic rings. The monoisotopic (exact) mass is 273 g/mol. The molecular weight excluding hydrogens is 259 g/mol. The van der Waals surface area contributed by atoms with E-state index in [1.807, 2.05) is 0 Å². The zero-order chi connectivity index (χ0) is 14.3. The van der Waals surface area contributed by atoms with Crippen LogP contribution in [0.25, 0.3) is 0 Å². The lowest BCUT2D eigenvalue weighted by Gasteiger charge is -2.21. The van der Waals surface area contributed by atoms with Crippen LogP contribution in [0.1, 0.15) is 24.0 Å². The smallest absolute Gasteiger partial charge is 0.275 e. The van der Waals surface area contributed by atoms with Crippen molar-refractivity contribution >= 4 is 5.91 Å². The third-order valence-electron chi connectivity index (χ3n) is 3.48. The number of likely N-dealkylation sites (N-methyl/N-ethyl adjacent to an activating group) is 1. The van der Waals surface area contributed by atoms with Gasteiger partial charge in [0, 0.05) is 7.05 Å². The van der Waals surface area contributed by atoms with Crippen LogP contribution in [-0.2, 0) is 21.2 Å². The Balaban J connectivity index is 2.26. The number of rotatable bonds is 3. The van der Waals surface area contributed by atoms with Crippen LogP contribution in [0.4, 0.5) is 13.2 Å². The Morgan fingerprint density at radius 3 is 2.16 bits per heavy atom. The van der Waals surface area contributed by atoms with Gasteiger partial charge in [0.15, 0.2) is 0 Å². The van der Waals surface area contributed by atoms with Crippen LogP contribution in [0, 0.1) is 0 Å². The molecule has 2 rings (SSSR count). The van der Waals surface area contributed by atoms with Gasteiger partial charge in [0.05, 0.1) is 18.1 Å². The quantitative estimate of drug-likeness (QED) is 0.792. The number of halogens is 3. The first kappa shape index (κ1) is 13.9. The minimum atomic E-state index is -4.36. The summed E-state index contributed by atoms with van der Waals surface area (Å²) < 4.78 is 37.4. The average Bonchev–Trinajstić information content (AvgIpc) is 3.17. The molecule has 1 aromatic carbocycles. The summed E-state index contributed by atoms with van der Waals surface area (Å²) in [5.74, 6) is -0.227. The summed E-state index contributed by atoms with van der Waals surface area (Å²) in [4.78, 5) is 17.0. The number of hydrogen-bond donors (Lipinski definition) is 0. The van der Waals surface area contributed by atoms with Crippen molar-refractivity contribution in [3.05, 3.63) is 35.4 Å². The summed E-state index contributed by atoms with van der Waals surface area (Å²) in [6.07, 6.45) is -3.10. The third kappa shape index (κ3) is 2.45. The van der Waals surface area contributed by atoms with E-state index in [1.54, 1.807) is 0 Å². The van der Waals surface area contributed by atoms with Gasteiger partial charge in [-0.3, -0.25) is 9.63 Å². The van der Waals surface area contributed by atoms with Crippen molar-refractivity contribution < 1.29 is 22.8 Å². The SMILES string of the molecule is CON(C)C(=O)C1(c2ccc(C(F)(F)F)cc2)CC1. The lowest BCUT2D eigenvalue weighted by molar-refractivity contribution is -0.171. The fraction of sp³-hybridized carbons (Fsp3) is 0.462. The Hall–Kier alpha value is -1.56. The van der Waals surface area contributed by atoms with Crippen LogP contribution in [0.2, 0.25) is 0 Å². The second kappa shape index (κ2) is 4.52. The molecule has 104 valence electrons. The van der Waals surface area contributed by atoms with Gasteiger partial charge in [0.25, 0.3) is 5.91 Å². The molecule has 0 spiro atoms. The number of hydrogen-bond acceptors (Lipinski definition) is 2. The largest absolute Gasteiger partial charge is 0.416 e. The standard InChI is InChI=1S/C13H14F3NO2/c1-17(19-2)11(18)12(7-8-12)9-3-5-10(6-4-9)13(14,15)16/h3-6H,7-8H2,1-2H3. The molecule has 0 atom stereocenters. The Labute approximate surface area is 108 Å². The number of hydroxylamine groups is 2. The summed E-state index contributed by atoms with van der Waals surface area (Å²) in [6, 6.07) is 4.76. The molecule has 0 saturated heterocycles. The number of alkyl halides is 3. The topological polar surface area (TPSA) is 29.5 Å². The Bertz CT molecular complexity index is 478. The molecule has 0 aromatic heterocycles. The summed E-state index contributed by atoms with van der Waals surface area (Å²) in [7, 11) is 2.87. The first-order valence-electron chi connectivity index (χ1n) is 5.81. The zero-order valence-electron chi connectivity index (χ0n) is 10.6. The van der Waals surface area contributed by atoms with Gasteiger partial charge in [-0.15, -0.1) is 0 Å². The van der Waals surface area contributed by atoms with Crippen molar-refractivity contribution in [2.24, 2.45) is 0 Å². The van der Waals surface area contributed by atoms with Crippen molar-refractivity contribution in [3.8, 4) is 0 Å². The van der Waals surface area contributed by atoms with Gasteiger partial charge in [-0.25, -0.2) is 5.06 Å². The number of benzene rings is 1. The van der Waals surface area contributed by atoms with Crippen molar-refractivity contribution in [2.45, 2.75) is 24.4 Å². The number of nitrogens with zero attached hydrogens (tertiary/aromatic N) is 1. The van der Waals surface area contributed by atoms with Gasteiger partial charge in [-0.2, -0.15) is 13.2 Å². The molecule has 6 heteroatoms. The molecule has 1 saturated carbocycles. The highest BCUT2D eigenvalue weighted by molar-refractivity contribution is 5.90. The average molecular weight is 273 g/mol. The molecule has 1 aliphatic rings. The van der Waals surface area contributed by atoms with E-state index in [-0.39, 0.29) is 5.91 Å². The molecule has 1 fully saturated rings. The van der Waals surface area contributed by atoms with E-state index in [1.165, 1.54) is 26.3 Å². The van der Waals surface area contributed by atoms with E-state index in [0.29, 0.717) is 18.4 Å². The molecule has 0 N–H and O–H groups in total. The molecule has 19 heavy (non-hydrogen) atoms. The van der Waals surface area contributed by atoms with E-state index in [9.17, 15) is 18.0 Å². The predicted octanol–water partition coefficient (Wildman–Crippen LogP) is 2.76. The van der Waals surface area contributed by atoms with Crippen molar-refractivity contribution in [1.82, 2.24) is 5.06 Å².